The number of aliphatic imine (C=N–C) groups is 1. The normalized spacial score (nSPS) is 23.8. The molecule has 31 heavy (non-hydrogen) atoms. The lowest BCUT2D eigenvalue weighted by Gasteiger charge is -2.27. The summed E-state index contributed by atoms with van der Waals surface area (Å²) < 4.78 is 65.2. The Morgan fingerprint density at radius 1 is 1.06 bits per heavy atom. The molecule has 0 bridgehead atoms. The predicted octanol–water partition coefficient (Wildman–Crippen LogP) is 3.94. The van der Waals surface area contributed by atoms with Crippen molar-refractivity contribution in [1.82, 2.24) is 0 Å². The van der Waals surface area contributed by atoms with Gasteiger partial charge >= 0.3 is 6.18 Å². The Morgan fingerprint density at radius 3 is 2.45 bits per heavy atom. The largest absolute Gasteiger partial charge is 0.418 e. The summed E-state index contributed by atoms with van der Waals surface area (Å²) in [5.41, 5.74) is -0.107. The Kier molecular flexibility index (Phi) is 5.87. The van der Waals surface area contributed by atoms with E-state index in [1.54, 1.807) is 0 Å². The van der Waals surface area contributed by atoms with Crippen LogP contribution < -0.4 is 4.90 Å². The van der Waals surface area contributed by atoms with E-state index in [-0.39, 0.29) is 28.8 Å². The fourth-order valence-electron chi connectivity index (χ4n) is 3.83. The molecule has 2 aromatic rings. The van der Waals surface area contributed by atoms with Crippen LogP contribution in [0.2, 0.25) is 0 Å². The van der Waals surface area contributed by atoms with Crippen molar-refractivity contribution in [3.8, 4) is 0 Å². The molecule has 2 aliphatic heterocycles. The lowest BCUT2D eigenvalue weighted by molar-refractivity contribution is -0.137. The van der Waals surface area contributed by atoms with Crippen molar-refractivity contribution in [2.45, 2.75) is 30.3 Å². The van der Waals surface area contributed by atoms with Crippen molar-refractivity contribution in [2.75, 3.05) is 16.4 Å². The van der Waals surface area contributed by atoms with Gasteiger partial charge in [0.1, 0.15) is 0 Å². The van der Waals surface area contributed by atoms with E-state index in [1.165, 1.54) is 23.1 Å². The highest BCUT2D eigenvalue weighted by Gasteiger charge is 2.51. The molecule has 10 heteroatoms. The SMILES string of the molecule is O=C(CCc1ccccc1)N=C1S[C@H]2CS(=O)(=O)C[C@@H]2N1c1ccccc1C(F)(F)F. The molecule has 2 fully saturated rings. The fraction of sp³-hybridized carbons (Fsp3) is 0.333. The molecule has 0 saturated carbocycles. The van der Waals surface area contributed by atoms with Crippen molar-refractivity contribution in [3.05, 3.63) is 65.7 Å². The van der Waals surface area contributed by atoms with Crippen molar-refractivity contribution in [3.63, 3.8) is 0 Å². The second kappa shape index (κ2) is 8.31. The topological polar surface area (TPSA) is 66.8 Å². The van der Waals surface area contributed by atoms with Crippen LogP contribution in [0, 0.1) is 0 Å². The number of rotatable bonds is 4. The smallest absolute Gasteiger partial charge is 0.315 e. The number of sulfone groups is 1. The highest BCUT2D eigenvalue weighted by molar-refractivity contribution is 8.16. The number of thioether (sulfide) groups is 1. The zero-order valence-electron chi connectivity index (χ0n) is 16.2. The number of amidine groups is 1. The first-order valence-corrected chi connectivity index (χ1v) is 12.3. The van der Waals surface area contributed by atoms with E-state index in [0.29, 0.717) is 6.42 Å². The number of benzene rings is 2. The third kappa shape index (κ3) is 4.79. The summed E-state index contributed by atoms with van der Waals surface area (Å²) >= 11 is 1.06. The molecular formula is C21H19F3N2O3S2. The number of nitrogens with zero attached hydrogens (tertiary/aromatic N) is 2. The monoisotopic (exact) mass is 468 g/mol. The molecular weight excluding hydrogens is 449 g/mol. The molecule has 0 radical (unpaired) electrons. The van der Waals surface area contributed by atoms with E-state index >= 15 is 0 Å². The average Bonchev–Trinajstić information content (AvgIpc) is 3.17. The zero-order chi connectivity index (χ0) is 22.2. The van der Waals surface area contributed by atoms with Crippen LogP contribution in [0.3, 0.4) is 0 Å². The van der Waals surface area contributed by atoms with E-state index in [0.717, 1.165) is 23.4 Å². The summed E-state index contributed by atoms with van der Waals surface area (Å²) in [5, 5.41) is -0.341. The van der Waals surface area contributed by atoms with Crippen LogP contribution in [0.5, 0.6) is 0 Å². The Morgan fingerprint density at radius 2 is 1.74 bits per heavy atom. The summed E-state index contributed by atoms with van der Waals surface area (Å²) in [6, 6.07) is 13.6. The molecule has 2 aromatic carbocycles. The van der Waals surface area contributed by atoms with E-state index in [1.807, 2.05) is 30.3 Å². The van der Waals surface area contributed by atoms with Crippen molar-refractivity contribution in [2.24, 2.45) is 4.99 Å². The maximum atomic E-state index is 13.6. The number of carbonyl (C=O) groups is 1. The highest BCUT2D eigenvalue weighted by atomic mass is 32.2. The van der Waals surface area contributed by atoms with E-state index in [2.05, 4.69) is 4.99 Å². The molecule has 0 spiro atoms. The molecule has 0 aromatic heterocycles. The quantitative estimate of drug-likeness (QED) is 0.680. The van der Waals surface area contributed by atoms with Crippen LogP contribution >= 0.6 is 11.8 Å². The third-order valence-electron chi connectivity index (χ3n) is 5.23. The average molecular weight is 469 g/mol. The second-order valence-corrected chi connectivity index (χ2v) is 10.8. The van der Waals surface area contributed by atoms with Gasteiger partial charge in [0.25, 0.3) is 0 Å². The summed E-state index contributed by atoms with van der Waals surface area (Å²) in [5.74, 6) is -0.873. The maximum Gasteiger partial charge on any atom is 0.418 e. The van der Waals surface area contributed by atoms with Gasteiger partial charge in [-0.3, -0.25) is 4.79 Å². The number of halogens is 3. The standard InChI is InChI=1S/C21H19F3N2O3S2/c22-21(23,24)15-8-4-5-9-16(15)26-17-12-31(28,29)13-18(17)30-20(26)25-19(27)11-10-14-6-2-1-3-7-14/h1-9,17-18H,10-13H2/t17-,18-/m0/s1. The van der Waals surface area contributed by atoms with Gasteiger partial charge in [0.2, 0.25) is 5.91 Å². The number of alkyl halides is 3. The van der Waals surface area contributed by atoms with Gasteiger partial charge in [0.05, 0.1) is 28.8 Å². The van der Waals surface area contributed by atoms with E-state index in [9.17, 15) is 26.4 Å². The van der Waals surface area contributed by atoms with Crippen LogP contribution in [0.4, 0.5) is 18.9 Å². The number of para-hydroxylation sites is 1. The van der Waals surface area contributed by atoms with Gasteiger partial charge in [-0.1, -0.05) is 54.2 Å². The molecule has 2 saturated heterocycles. The first kappa shape index (κ1) is 21.9. The molecule has 1 amide bonds. The van der Waals surface area contributed by atoms with Crippen LogP contribution in [-0.2, 0) is 27.2 Å². The number of carbonyl (C=O) groups excluding carboxylic acids is 1. The maximum absolute atomic E-state index is 13.6. The molecule has 164 valence electrons. The number of anilines is 1. The summed E-state index contributed by atoms with van der Waals surface area (Å²) in [7, 11) is -3.38. The number of amides is 1. The van der Waals surface area contributed by atoms with Crippen molar-refractivity contribution >= 4 is 38.4 Å². The molecule has 0 N–H and O–H groups in total. The Bertz CT molecular complexity index is 1120. The lowest BCUT2D eigenvalue weighted by Crippen LogP contribution is -2.39. The van der Waals surface area contributed by atoms with Gasteiger partial charge in [-0.05, 0) is 24.1 Å². The minimum absolute atomic E-state index is 0.108. The van der Waals surface area contributed by atoms with Crippen LogP contribution in [-0.4, -0.2) is 42.3 Å². The molecule has 5 nitrogen and oxygen atoms in total. The van der Waals surface area contributed by atoms with Gasteiger partial charge in [-0.25, -0.2) is 8.42 Å². The Hall–Kier alpha value is -2.33. The molecule has 2 atom stereocenters. The zero-order valence-corrected chi connectivity index (χ0v) is 17.9. The predicted molar refractivity (Wildman–Crippen MR) is 115 cm³/mol. The molecule has 0 aliphatic carbocycles. The van der Waals surface area contributed by atoms with Gasteiger partial charge in [0.15, 0.2) is 15.0 Å². The summed E-state index contributed by atoms with van der Waals surface area (Å²) in [6.07, 6.45) is -4.06. The number of aryl methyl sites for hydroxylation is 1. The number of hydrogen-bond donors (Lipinski definition) is 0. The number of hydrogen-bond acceptors (Lipinski definition) is 4. The van der Waals surface area contributed by atoms with Crippen molar-refractivity contribution in [1.29, 1.82) is 0 Å². The first-order valence-electron chi connectivity index (χ1n) is 9.62. The fourth-order valence-corrected chi connectivity index (χ4v) is 7.75. The van der Waals surface area contributed by atoms with Crippen LogP contribution in [0.15, 0.2) is 59.6 Å². The second-order valence-electron chi connectivity index (χ2n) is 7.46. The lowest BCUT2D eigenvalue weighted by atomic mass is 10.1. The Labute approximate surface area is 182 Å². The first-order chi connectivity index (χ1) is 14.6. The molecule has 2 aliphatic rings. The van der Waals surface area contributed by atoms with Gasteiger partial charge < -0.3 is 4.90 Å². The minimum atomic E-state index is -4.63. The number of fused-ring (bicyclic) bond motifs is 1. The summed E-state index contributed by atoms with van der Waals surface area (Å²) in [4.78, 5) is 17.9. The van der Waals surface area contributed by atoms with Crippen LogP contribution in [0.25, 0.3) is 0 Å². The van der Waals surface area contributed by atoms with Gasteiger partial charge in [-0.15, -0.1) is 0 Å². The van der Waals surface area contributed by atoms with E-state index in [4.69, 9.17) is 0 Å². The van der Waals surface area contributed by atoms with Crippen molar-refractivity contribution < 1.29 is 26.4 Å². The van der Waals surface area contributed by atoms with Crippen LogP contribution in [0.1, 0.15) is 17.5 Å². The minimum Gasteiger partial charge on any atom is -0.315 e. The molecule has 2 heterocycles. The molecule has 4 rings (SSSR count). The van der Waals surface area contributed by atoms with Gasteiger partial charge in [0, 0.05) is 11.7 Å². The molecule has 0 unspecified atom stereocenters. The third-order valence-corrected chi connectivity index (χ3v) is 8.44. The van der Waals surface area contributed by atoms with Gasteiger partial charge in [-0.2, -0.15) is 18.2 Å². The van der Waals surface area contributed by atoms with E-state index < -0.39 is 38.8 Å². The Balaban J connectivity index is 1.66. The highest BCUT2D eigenvalue weighted by Crippen LogP contribution is 2.45. The summed E-state index contributed by atoms with van der Waals surface area (Å²) in [6.45, 7) is 0.